The summed E-state index contributed by atoms with van der Waals surface area (Å²) in [6.07, 6.45) is 0. The van der Waals surface area contributed by atoms with Crippen molar-refractivity contribution in [2.75, 3.05) is 11.9 Å². The quantitative estimate of drug-likeness (QED) is 0.703. The molecule has 26 heavy (non-hydrogen) atoms. The van der Waals surface area contributed by atoms with Crippen LogP contribution in [-0.2, 0) is 0 Å². The predicted octanol–water partition coefficient (Wildman–Crippen LogP) is 4.79. The van der Waals surface area contributed by atoms with E-state index in [2.05, 4.69) is 10.4 Å². The van der Waals surface area contributed by atoms with E-state index in [-0.39, 0.29) is 5.91 Å². The zero-order valence-corrected chi connectivity index (χ0v) is 15.7. The Hall–Kier alpha value is -2.79. The summed E-state index contributed by atoms with van der Waals surface area (Å²) in [5.41, 5.74) is 3.69. The van der Waals surface area contributed by atoms with Crippen LogP contribution in [0.15, 0.2) is 48.5 Å². The molecule has 3 aromatic rings. The van der Waals surface area contributed by atoms with E-state index in [1.54, 1.807) is 16.8 Å². The fraction of sp³-hybridized carbons (Fsp3) is 0.200. The lowest BCUT2D eigenvalue weighted by Gasteiger charge is -2.11. The number of ether oxygens (including phenoxy) is 1. The number of hydrogen-bond donors (Lipinski definition) is 1. The Kier molecular flexibility index (Phi) is 5.28. The Morgan fingerprint density at radius 2 is 1.85 bits per heavy atom. The third kappa shape index (κ3) is 3.58. The zero-order chi connectivity index (χ0) is 18.7. The Bertz CT molecular complexity index is 933. The zero-order valence-electron chi connectivity index (χ0n) is 14.9. The number of benzene rings is 2. The van der Waals surface area contributed by atoms with E-state index in [1.165, 1.54) is 0 Å². The van der Waals surface area contributed by atoms with Crippen LogP contribution in [0.5, 0.6) is 5.75 Å². The molecule has 0 spiro atoms. The molecule has 1 amide bonds. The molecule has 0 atom stereocenters. The molecule has 0 radical (unpaired) electrons. The molecule has 0 fully saturated rings. The number of carbonyl (C=O) groups is 1. The average molecular weight is 370 g/mol. The fourth-order valence-electron chi connectivity index (χ4n) is 2.67. The normalized spacial score (nSPS) is 10.6. The standard InChI is InChI=1S/C20H20ClN3O2/c1-4-26-18-8-6-5-7-17(18)22-20(25)15-9-11-16(12-10-15)24-14(3)19(21)13(2)23-24/h5-12H,4H2,1-3H3,(H,22,25). The minimum absolute atomic E-state index is 0.199. The maximum absolute atomic E-state index is 12.5. The van der Waals surface area contributed by atoms with Crippen LogP contribution in [0.1, 0.15) is 28.7 Å². The van der Waals surface area contributed by atoms with Crippen LogP contribution in [-0.4, -0.2) is 22.3 Å². The van der Waals surface area contributed by atoms with Gasteiger partial charge in [0.15, 0.2) is 0 Å². The van der Waals surface area contributed by atoms with Gasteiger partial charge in [-0.15, -0.1) is 0 Å². The number of halogens is 1. The maximum Gasteiger partial charge on any atom is 0.255 e. The Morgan fingerprint density at radius 1 is 1.15 bits per heavy atom. The SMILES string of the molecule is CCOc1ccccc1NC(=O)c1ccc(-n2nc(C)c(Cl)c2C)cc1. The van der Waals surface area contributed by atoms with Gasteiger partial charge in [-0.2, -0.15) is 5.10 Å². The van der Waals surface area contributed by atoms with Crippen LogP contribution < -0.4 is 10.1 Å². The monoisotopic (exact) mass is 369 g/mol. The van der Waals surface area contributed by atoms with Gasteiger partial charge in [0.05, 0.1) is 34.4 Å². The van der Waals surface area contributed by atoms with E-state index in [1.807, 2.05) is 57.2 Å². The van der Waals surface area contributed by atoms with Crippen molar-refractivity contribution in [1.29, 1.82) is 0 Å². The molecule has 0 aliphatic heterocycles. The Balaban J connectivity index is 1.80. The number of carbonyl (C=O) groups excluding carboxylic acids is 1. The molecular formula is C20H20ClN3O2. The number of para-hydroxylation sites is 2. The first kappa shape index (κ1) is 18.0. The second-order valence-electron chi connectivity index (χ2n) is 5.83. The van der Waals surface area contributed by atoms with Crippen molar-refractivity contribution >= 4 is 23.2 Å². The lowest BCUT2D eigenvalue weighted by atomic mass is 10.2. The minimum Gasteiger partial charge on any atom is -0.492 e. The Labute approximate surface area is 157 Å². The molecule has 1 heterocycles. The van der Waals surface area contributed by atoms with E-state index in [4.69, 9.17) is 16.3 Å². The van der Waals surface area contributed by atoms with Gasteiger partial charge in [0.2, 0.25) is 0 Å². The number of amides is 1. The van der Waals surface area contributed by atoms with Gasteiger partial charge in [-0.25, -0.2) is 4.68 Å². The summed E-state index contributed by atoms with van der Waals surface area (Å²) in [5.74, 6) is 0.451. The third-order valence-electron chi connectivity index (χ3n) is 4.01. The van der Waals surface area contributed by atoms with Crippen molar-refractivity contribution in [3.05, 3.63) is 70.5 Å². The van der Waals surface area contributed by atoms with E-state index >= 15 is 0 Å². The van der Waals surface area contributed by atoms with Gasteiger partial charge in [-0.1, -0.05) is 23.7 Å². The van der Waals surface area contributed by atoms with Crippen molar-refractivity contribution in [2.24, 2.45) is 0 Å². The number of nitrogens with zero attached hydrogens (tertiary/aromatic N) is 2. The summed E-state index contributed by atoms with van der Waals surface area (Å²) in [7, 11) is 0. The molecule has 134 valence electrons. The van der Waals surface area contributed by atoms with Gasteiger partial charge in [-0.3, -0.25) is 4.79 Å². The highest BCUT2D eigenvalue weighted by Crippen LogP contribution is 2.25. The summed E-state index contributed by atoms with van der Waals surface area (Å²) in [6.45, 7) is 6.21. The van der Waals surface area contributed by atoms with Crippen molar-refractivity contribution in [3.8, 4) is 11.4 Å². The van der Waals surface area contributed by atoms with Crippen LogP contribution in [0.4, 0.5) is 5.69 Å². The summed E-state index contributed by atoms with van der Waals surface area (Å²) in [5, 5.41) is 7.96. The lowest BCUT2D eigenvalue weighted by Crippen LogP contribution is -2.13. The molecule has 0 aliphatic rings. The van der Waals surface area contributed by atoms with Gasteiger partial charge < -0.3 is 10.1 Å². The molecule has 2 aromatic carbocycles. The summed E-state index contributed by atoms with van der Waals surface area (Å²) < 4.78 is 7.31. The molecule has 0 saturated heterocycles. The van der Waals surface area contributed by atoms with Crippen molar-refractivity contribution < 1.29 is 9.53 Å². The number of nitrogens with one attached hydrogen (secondary N) is 1. The molecule has 0 saturated carbocycles. The van der Waals surface area contributed by atoms with Gasteiger partial charge in [0, 0.05) is 5.56 Å². The van der Waals surface area contributed by atoms with E-state index < -0.39 is 0 Å². The first-order chi connectivity index (χ1) is 12.5. The van der Waals surface area contributed by atoms with Crippen molar-refractivity contribution in [2.45, 2.75) is 20.8 Å². The Morgan fingerprint density at radius 3 is 2.46 bits per heavy atom. The van der Waals surface area contributed by atoms with Crippen LogP contribution >= 0.6 is 11.6 Å². The number of anilines is 1. The fourth-order valence-corrected chi connectivity index (χ4v) is 2.79. The van der Waals surface area contributed by atoms with Crippen LogP contribution in [0.3, 0.4) is 0 Å². The van der Waals surface area contributed by atoms with E-state index in [0.717, 1.165) is 17.1 Å². The lowest BCUT2D eigenvalue weighted by molar-refractivity contribution is 0.102. The summed E-state index contributed by atoms with van der Waals surface area (Å²) in [6, 6.07) is 14.6. The van der Waals surface area contributed by atoms with E-state index in [9.17, 15) is 4.79 Å². The predicted molar refractivity (Wildman–Crippen MR) is 104 cm³/mol. The van der Waals surface area contributed by atoms with Crippen molar-refractivity contribution in [3.63, 3.8) is 0 Å². The largest absolute Gasteiger partial charge is 0.492 e. The molecule has 0 aliphatic carbocycles. The average Bonchev–Trinajstić information content (AvgIpc) is 2.91. The number of aryl methyl sites for hydroxylation is 1. The van der Waals surface area contributed by atoms with Gasteiger partial charge in [-0.05, 0) is 57.2 Å². The second-order valence-corrected chi connectivity index (χ2v) is 6.20. The third-order valence-corrected chi connectivity index (χ3v) is 4.56. The number of aromatic nitrogens is 2. The molecule has 1 aromatic heterocycles. The smallest absolute Gasteiger partial charge is 0.255 e. The number of rotatable bonds is 5. The topological polar surface area (TPSA) is 56.1 Å². The second kappa shape index (κ2) is 7.62. The highest BCUT2D eigenvalue weighted by Gasteiger charge is 2.13. The van der Waals surface area contributed by atoms with Crippen LogP contribution in [0, 0.1) is 13.8 Å². The molecule has 0 bridgehead atoms. The van der Waals surface area contributed by atoms with Crippen LogP contribution in [0.2, 0.25) is 5.02 Å². The molecule has 3 rings (SSSR count). The maximum atomic E-state index is 12.5. The first-order valence-electron chi connectivity index (χ1n) is 8.36. The van der Waals surface area contributed by atoms with Crippen molar-refractivity contribution in [1.82, 2.24) is 9.78 Å². The first-order valence-corrected chi connectivity index (χ1v) is 8.74. The van der Waals surface area contributed by atoms with Gasteiger partial charge in [0.25, 0.3) is 5.91 Å². The van der Waals surface area contributed by atoms with Gasteiger partial charge in [0.1, 0.15) is 5.75 Å². The molecular weight excluding hydrogens is 350 g/mol. The van der Waals surface area contributed by atoms with Gasteiger partial charge >= 0.3 is 0 Å². The molecule has 6 heteroatoms. The summed E-state index contributed by atoms with van der Waals surface area (Å²) >= 11 is 6.20. The summed E-state index contributed by atoms with van der Waals surface area (Å²) in [4.78, 5) is 12.5. The highest BCUT2D eigenvalue weighted by molar-refractivity contribution is 6.31. The molecule has 5 nitrogen and oxygen atoms in total. The highest BCUT2D eigenvalue weighted by atomic mass is 35.5. The molecule has 1 N–H and O–H groups in total. The minimum atomic E-state index is -0.199. The van der Waals surface area contributed by atoms with Crippen LogP contribution in [0.25, 0.3) is 5.69 Å². The van der Waals surface area contributed by atoms with E-state index in [0.29, 0.717) is 28.6 Å². The molecule has 0 unspecified atom stereocenters. The number of hydrogen-bond acceptors (Lipinski definition) is 3.